The lowest BCUT2D eigenvalue weighted by molar-refractivity contribution is -0.0833. The van der Waals surface area contributed by atoms with E-state index in [1.165, 1.54) is 19.3 Å². The summed E-state index contributed by atoms with van der Waals surface area (Å²) in [6.45, 7) is 8.46. The first kappa shape index (κ1) is 10.7. The Labute approximate surface area is 81.2 Å². The first-order valence-electron chi connectivity index (χ1n) is 5.20. The fraction of sp³-hybridized carbons (Fsp3) is 0.818. The molecular weight excluding hydrogens is 162 g/mol. The highest BCUT2D eigenvalue weighted by atomic mass is 16.3. The molecule has 0 radical (unpaired) electrons. The van der Waals surface area contributed by atoms with E-state index in [-0.39, 0.29) is 0 Å². The van der Waals surface area contributed by atoms with Crippen molar-refractivity contribution in [2.24, 2.45) is 0 Å². The van der Waals surface area contributed by atoms with Crippen LogP contribution in [-0.2, 0) is 0 Å². The van der Waals surface area contributed by atoms with Crippen LogP contribution in [0.1, 0.15) is 32.6 Å². The van der Waals surface area contributed by atoms with Crippen LogP contribution in [0.5, 0.6) is 0 Å². The van der Waals surface area contributed by atoms with Crippen molar-refractivity contribution < 1.29 is 5.11 Å². The number of aliphatic hydroxyl groups is 1. The molecule has 0 spiro atoms. The summed E-state index contributed by atoms with van der Waals surface area (Å²) in [7, 11) is 0. The van der Waals surface area contributed by atoms with Crippen molar-refractivity contribution in [1.29, 1.82) is 0 Å². The number of nitrogens with zero attached hydrogens (tertiary/aromatic N) is 1. The third kappa shape index (κ3) is 3.92. The Kier molecular flexibility index (Phi) is 3.94. The molecule has 1 fully saturated rings. The molecule has 0 aromatic carbocycles. The van der Waals surface area contributed by atoms with Gasteiger partial charge >= 0.3 is 0 Å². The van der Waals surface area contributed by atoms with Gasteiger partial charge in [0.25, 0.3) is 0 Å². The number of hydrogen-bond donors (Lipinski definition) is 1. The maximum absolute atomic E-state index is 9.47. The maximum atomic E-state index is 9.47. The summed E-state index contributed by atoms with van der Waals surface area (Å²) in [5.41, 5.74) is -0.402. The molecule has 1 aliphatic rings. The van der Waals surface area contributed by atoms with Crippen LogP contribution in [0.25, 0.3) is 0 Å². The largest absolute Gasteiger partial charge is 0.388 e. The first-order chi connectivity index (χ1) is 6.14. The Hall–Kier alpha value is -0.340. The molecule has 1 rings (SSSR count). The van der Waals surface area contributed by atoms with Crippen LogP contribution in [0.3, 0.4) is 0 Å². The summed E-state index contributed by atoms with van der Waals surface area (Å²) in [5.74, 6) is 0. The van der Waals surface area contributed by atoms with Crippen LogP contribution in [-0.4, -0.2) is 35.2 Å². The van der Waals surface area contributed by atoms with Gasteiger partial charge in [-0.1, -0.05) is 12.5 Å². The third-order valence-corrected chi connectivity index (χ3v) is 2.51. The lowest BCUT2D eigenvalue weighted by atomic mass is 9.96. The predicted octanol–water partition coefficient (Wildman–Crippen LogP) is 1.80. The average Bonchev–Trinajstić information content (AvgIpc) is 2.00. The van der Waals surface area contributed by atoms with Crippen LogP contribution in [0.15, 0.2) is 12.7 Å². The summed E-state index contributed by atoms with van der Waals surface area (Å²) >= 11 is 0. The molecule has 0 aromatic heterocycles. The Morgan fingerprint density at radius 1 is 1.38 bits per heavy atom. The number of likely N-dealkylation sites (tertiary alicyclic amines) is 1. The minimum Gasteiger partial charge on any atom is -0.388 e. The molecule has 76 valence electrons. The molecule has 0 atom stereocenters. The molecule has 0 unspecified atom stereocenters. The number of hydrogen-bond acceptors (Lipinski definition) is 2. The van der Waals surface area contributed by atoms with Gasteiger partial charge < -0.3 is 5.11 Å². The van der Waals surface area contributed by atoms with Gasteiger partial charge in [-0.3, -0.25) is 4.90 Å². The quantitative estimate of drug-likeness (QED) is 0.501. The molecule has 0 amide bonds. The minimum atomic E-state index is -0.402. The Bertz CT molecular complexity index is 157. The van der Waals surface area contributed by atoms with Gasteiger partial charge in [0.1, 0.15) is 0 Å². The highest BCUT2D eigenvalue weighted by Crippen LogP contribution is 2.19. The van der Waals surface area contributed by atoms with Gasteiger partial charge in [-0.15, -0.1) is 6.58 Å². The topological polar surface area (TPSA) is 23.5 Å². The van der Waals surface area contributed by atoms with E-state index in [4.69, 9.17) is 0 Å². The van der Waals surface area contributed by atoms with Crippen molar-refractivity contribution in [2.45, 2.75) is 38.2 Å². The second-order valence-electron chi connectivity index (χ2n) is 4.35. The first-order valence-corrected chi connectivity index (χ1v) is 5.20. The molecule has 1 N–H and O–H groups in total. The van der Waals surface area contributed by atoms with E-state index in [0.717, 1.165) is 26.1 Å². The smallest absolute Gasteiger partial charge is 0.0872 e. The molecule has 0 aromatic rings. The van der Waals surface area contributed by atoms with E-state index in [1.807, 2.05) is 13.0 Å². The van der Waals surface area contributed by atoms with Gasteiger partial charge in [-0.05, 0) is 32.7 Å². The van der Waals surface area contributed by atoms with Gasteiger partial charge in [0.15, 0.2) is 0 Å². The zero-order valence-electron chi connectivity index (χ0n) is 8.63. The molecule has 2 heteroatoms. The SMILES string of the molecule is C=CCCCCCN1CC(C)(O)C1. The van der Waals surface area contributed by atoms with Crippen LogP contribution >= 0.6 is 0 Å². The van der Waals surface area contributed by atoms with Gasteiger partial charge in [-0.2, -0.15) is 0 Å². The van der Waals surface area contributed by atoms with E-state index in [0.29, 0.717) is 0 Å². The normalized spacial score (nSPS) is 21.1. The van der Waals surface area contributed by atoms with E-state index < -0.39 is 5.60 Å². The van der Waals surface area contributed by atoms with Gasteiger partial charge in [-0.25, -0.2) is 0 Å². The zero-order valence-corrected chi connectivity index (χ0v) is 8.63. The minimum absolute atomic E-state index is 0.402. The van der Waals surface area contributed by atoms with Gasteiger partial charge in [0.05, 0.1) is 5.60 Å². The summed E-state index contributed by atoms with van der Waals surface area (Å²) in [6.07, 6.45) is 6.91. The Morgan fingerprint density at radius 3 is 2.62 bits per heavy atom. The summed E-state index contributed by atoms with van der Waals surface area (Å²) in [5, 5.41) is 9.47. The van der Waals surface area contributed by atoms with Crippen molar-refractivity contribution in [2.75, 3.05) is 19.6 Å². The molecule has 13 heavy (non-hydrogen) atoms. The second-order valence-corrected chi connectivity index (χ2v) is 4.35. The monoisotopic (exact) mass is 183 g/mol. The second kappa shape index (κ2) is 4.77. The van der Waals surface area contributed by atoms with Crippen LogP contribution in [0.2, 0.25) is 0 Å². The lowest BCUT2D eigenvalue weighted by Gasteiger charge is -2.44. The Balaban J connectivity index is 1.88. The van der Waals surface area contributed by atoms with Crippen molar-refractivity contribution in [3.05, 3.63) is 12.7 Å². The van der Waals surface area contributed by atoms with Crippen LogP contribution in [0.4, 0.5) is 0 Å². The van der Waals surface area contributed by atoms with Gasteiger partial charge in [0, 0.05) is 13.1 Å². The number of β-amino-alcohol motifs (C(OH)–C–C–N with tert-alkyl or cyclic N) is 1. The molecule has 0 bridgehead atoms. The number of rotatable bonds is 6. The molecule has 1 saturated heterocycles. The highest BCUT2D eigenvalue weighted by molar-refractivity contribution is 4.90. The standard InChI is InChI=1S/C11H21NO/c1-3-4-5-6-7-8-12-9-11(2,13)10-12/h3,13H,1,4-10H2,2H3. The zero-order chi connectivity index (χ0) is 9.73. The molecule has 0 aliphatic carbocycles. The van der Waals surface area contributed by atoms with E-state index in [2.05, 4.69) is 11.5 Å². The predicted molar refractivity (Wildman–Crippen MR) is 55.7 cm³/mol. The number of unbranched alkanes of at least 4 members (excludes halogenated alkanes) is 3. The van der Waals surface area contributed by atoms with Gasteiger partial charge in [0.2, 0.25) is 0 Å². The lowest BCUT2D eigenvalue weighted by Crippen LogP contribution is -2.59. The molecule has 0 saturated carbocycles. The van der Waals surface area contributed by atoms with Crippen LogP contribution < -0.4 is 0 Å². The van der Waals surface area contributed by atoms with Crippen LogP contribution in [0, 0.1) is 0 Å². The van der Waals surface area contributed by atoms with E-state index in [9.17, 15) is 5.11 Å². The van der Waals surface area contributed by atoms with Crippen molar-refractivity contribution >= 4 is 0 Å². The highest BCUT2D eigenvalue weighted by Gasteiger charge is 2.35. The fourth-order valence-electron chi connectivity index (χ4n) is 1.88. The third-order valence-electron chi connectivity index (χ3n) is 2.51. The van der Waals surface area contributed by atoms with Crippen molar-refractivity contribution in [3.63, 3.8) is 0 Å². The molecular formula is C11H21NO. The van der Waals surface area contributed by atoms with E-state index >= 15 is 0 Å². The van der Waals surface area contributed by atoms with E-state index in [1.54, 1.807) is 0 Å². The fourth-order valence-corrected chi connectivity index (χ4v) is 1.88. The molecule has 1 aliphatic heterocycles. The van der Waals surface area contributed by atoms with Crippen molar-refractivity contribution in [3.8, 4) is 0 Å². The average molecular weight is 183 g/mol. The molecule has 1 heterocycles. The van der Waals surface area contributed by atoms with Crippen molar-refractivity contribution in [1.82, 2.24) is 4.90 Å². The maximum Gasteiger partial charge on any atom is 0.0872 e. The summed E-state index contributed by atoms with van der Waals surface area (Å²) in [6, 6.07) is 0. The summed E-state index contributed by atoms with van der Waals surface area (Å²) in [4.78, 5) is 2.31. The Morgan fingerprint density at radius 2 is 2.08 bits per heavy atom. The molecule has 2 nitrogen and oxygen atoms in total. The summed E-state index contributed by atoms with van der Waals surface area (Å²) < 4.78 is 0. The number of allylic oxidation sites excluding steroid dienone is 1.